The first-order valence-electron chi connectivity index (χ1n) is 7.84. The monoisotopic (exact) mass is 417 g/mol. The van der Waals surface area contributed by atoms with Crippen molar-refractivity contribution in [2.24, 2.45) is 0 Å². The van der Waals surface area contributed by atoms with Crippen molar-refractivity contribution >= 4 is 27.7 Å². The van der Waals surface area contributed by atoms with Crippen LogP contribution in [0.2, 0.25) is 0 Å². The first-order chi connectivity index (χ1) is 12.6. The zero-order chi connectivity index (χ0) is 18.4. The minimum absolute atomic E-state index is 0.134. The van der Waals surface area contributed by atoms with E-state index in [0.29, 0.717) is 23.5 Å². The first-order valence-corrected chi connectivity index (χ1v) is 8.64. The van der Waals surface area contributed by atoms with Gasteiger partial charge in [-0.15, -0.1) is 0 Å². The smallest absolute Gasteiger partial charge is 0.287 e. The largest absolute Gasteiger partial charge is 0.467 e. The Labute approximate surface area is 158 Å². The van der Waals surface area contributed by atoms with Gasteiger partial charge in [0.15, 0.2) is 10.4 Å². The summed E-state index contributed by atoms with van der Waals surface area (Å²) in [7, 11) is 0. The number of aromatic nitrogens is 1. The Morgan fingerprint density at radius 2 is 2.04 bits per heavy atom. The van der Waals surface area contributed by atoms with Crippen molar-refractivity contribution in [1.82, 2.24) is 15.2 Å². The number of furan rings is 2. The van der Waals surface area contributed by atoms with Gasteiger partial charge in [0.1, 0.15) is 5.76 Å². The molecule has 3 aromatic rings. The van der Waals surface area contributed by atoms with Crippen molar-refractivity contribution in [2.75, 3.05) is 6.54 Å². The predicted molar refractivity (Wildman–Crippen MR) is 95.9 cm³/mol. The summed E-state index contributed by atoms with van der Waals surface area (Å²) in [6.45, 7) is 0.497. The summed E-state index contributed by atoms with van der Waals surface area (Å²) in [5.41, 5.74) is 0.883. The highest BCUT2D eigenvalue weighted by atomic mass is 79.9. The highest BCUT2D eigenvalue weighted by Gasteiger charge is 2.18. The second-order valence-electron chi connectivity index (χ2n) is 5.48. The number of carbonyl (C=O) groups is 2. The Morgan fingerprint density at radius 1 is 1.15 bits per heavy atom. The summed E-state index contributed by atoms with van der Waals surface area (Å²) in [5, 5.41) is 2.57. The van der Waals surface area contributed by atoms with Crippen molar-refractivity contribution in [2.45, 2.75) is 13.1 Å². The molecule has 0 aliphatic heterocycles. The molecule has 3 heterocycles. The average molecular weight is 418 g/mol. The Balaban J connectivity index is 1.64. The third-order valence-electron chi connectivity index (χ3n) is 3.57. The summed E-state index contributed by atoms with van der Waals surface area (Å²) >= 11 is 3.14. The molecule has 0 saturated heterocycles. The molecule has 1 N–H and O–H groups in total. The first kappa shape index (κ1) is 17.9. The number of pyridine rings is 1. The van der Waals surface area contributed by atoms with Crippen molar-refractivity contribution in [3.8, 4) is 0 Å². The van der Waals surface area contributed by atoms with Gasteiger partial charge in [-0.1, -0.05) is 6.07 Å². The quantitative estimate of drug-likeness (QED) is 0.638. The lowest BCUT2D eigenvalue weighted by molar-refractivity contribution is -0.131. The number of amides is 2. The standard InChI is InChI=1S/C18H16BrN3O4/c19-16-6-5-15(26-16)18(24)21-10-17(23)22(12-14-4-2-8-25-14)11-13-3-1-7-20-9-13/h1-9H,10-12H2,(H,21,24). The molecule has 0 aliphatic rings. The topological polar surface area (TPSA) is 88.6 Å². The maximum atomic E-state index is 12.6. The lowest BCUT2D eigenvalue weighted by Gasteiger charge is -2.22. The van der Waals surface area contributed by atoms with Crippen molar-refractivity contribution in [3.63, 3.8) is 0 Å². The molecule has 0 atom stereocenters. The molecule has 8 heteroatoms. The molecule has 0 aromatic carbocycles. The van der Waals surface area contributed by atoms with E-state index in [0.717, 1.165) is 5.56 Å². The molecule has 134 valence electrons. The van der Waals surface area contributed by atoms with Gasteiger partial charge in [0, 0.05) is 18.9 Å². The van der Waals surface area contributed by atoms with E-state index < -0.39 is 5.91 Å². The maximum Gasteiger partial charge on any atom is 0.287 e. The fourth-order valence-corrected chi connectivity index (χ4v) is 2.63. The van der Waals surface area contributed by atoms with Crippen LogP contribution in [0.4, 0.5) is 0 Å². The molecule has 3 aromatic heterocycles. The van der Waals surface area contributed by atoms with Gasteiger partial charge in [0.25, 0.3) is 5.91 Å². The maximum absolute atomic E-state index is 12.6. The summed E-state index contributed by atoms with van der Waals surface area (Å²) < 4.78 is 11.0. The fraction of sp³-hybridized carbons (Fsp3) is 0.167. The number of hydrogen-bond acceptors (Lipinski definition) is 5. The van der Waals surface area contributed by atoms with E-state index >= 15 is 0 Å². The van der Waals surface area contributed by atoms with Crippen LogP contribution in [0.1, 0.15) is 21.9 Å². The van der Waals surface area contributed by atoms with Crippen molar-refractivity contribution in [1.29, 1.82) is 0 Å². The van der Waals surface area contributed by atoms with E-state index in [1.54, 1.807) is 47.8 Å². The zero-order valence-corrected chi connectivity index (χ0v) is 15.3. The van der Waals surface area contributed by atoms with E-state index in [1.165, 1.54) is 6.07 Å². The van der Waals surface area contributed by atoms with Crippen LogP contribution in [0, 0.1) is 0 Å². The molecule has 26 heavy (non-hydrogen) atoms. The Kier molecular flexibility index (Phi) is 5.85. The lowest BCUT2D eigenvalue weighted by Crippen LogP contribution is -2.39. The molecule has 0 aliphatic carbocycles. The number of nitrogens with one attached hydrogen (secondary N) is 1. The molecular weight excluding hydrogens is 402 g/mol. The number of nitrogens with zero attached hydrogens (tertiary/aromatic N) is 2. The number of carbonyl (C=O) groups excluding carboxylic acids is 2. The Morgan fingerprint density at radius 3 is 2.69 bits per heavy atom. The molecule has 0 saturated carbocycles. The van der Waals surface area contributed by atoms with Gasteiger partial charge >= 0.3 is 0 Å². The summed E-state index contributed by atoms with van der Waals surface area (Å²) in [6, 6.07) is 10.4. The van der Waals surface area contributed by atoms with Crippen molar-refractivity contribution < 1.29 is 18.4 Å². The normalized spacial score (nSPS) is 10.5. The van der Waals surface area contributed by atoms with E-state index in [9.17, 15) is 9.59 Å². The van der Waals surface area contributed by atoms with Crippen LogP contribution in [0.3, 0.4) is 0 Å². The van der Waals surface area contributed by atoms with Gasteiger partial charge in [-0.25, -0.2) is 0 Å². The second kappa shape index (κ2) is 8.48. The van der Waals surface area contributed by atoms with Gasteiger partial charge in [0.2, 0.25) is 5.91 Å². The van der Waals surface area contributed by atoms with E-state index in [1.807, 2.05) is 6.07 Å². The minimum Gasteiger partial charge on any atom is -0.467 e. The number of hydrogen-bond donors (Lipinski definition) is 1. The predicted octanol–water partition coefficient (Wildman–Crippen LogP) is 2.99. The molecule has 0 spiro atoms. The van der Waals surface area contributed by atoms with E-state index in [2.05, 4.69) is 26.2 Å². The zero-order valence-electron chi connectivity index (χ0n) is 13.7. The molecule has 0 bridgehead atoms. The third kappa shape index (κ3) is 4.82. The average Bonchev–Trinajstić information content (AvgIpc) is 3.31. The van der Waals surface area contributed by atoms with Crippen LogP contribution in [0.15, 0.2) is 68.6 Å². The SMILES string of the molecule is O=C(NCC(=O)N(Cc1cccnc1)Cc1ccco1)c1ccc(Br)o1. The fourth-order valence-electron chi connectivity index (χ4n) is 2.33. The van der Waals surface area contributed by atoms with Gasteiger partial charge in [0.05, 0.1) is 19.4 Å². The number of rotatable bonds is 7. The van der Waals surface area contributed by atoms with Gasteiger partial charge in [-0.3, -0.25) is 14.6 Å². The Hall–Kier alpha value is -2.87. The van der Waals surface area contributed by atoms with E-state index in [4.69, 9.17) is 8.83 Å². The highest BCUT2D eigenvalue weighted by Crippen LogP contribution is 2.14. The molecule has 3 rings (SSSR count). The van der Waals surface area contributed by atoms with Crippen LogP contribution >= 0.6 is 15.9 Å². The second-order valence-corrected chi connectivity index (χ2v) is 6.26. The molecule has 0 radical (unpaired) electrons. The van der Waals surface area contributed by atoms with Gasteiger partial charge < -0.3 is 19.1 Å². The van der Waals surface area contributed by atoms with E-state index in [-0.39, 0.29) is 18.2 Å². The molecule has 7 nitrogen and oxygen atoms in total. The molecular formula is C18H16BrN3O4. The van der Waals surface area contributed by atoms with Crippen molar-refractivity contribution in [3.05, 3.63) is 76.8 Å². The minimum atomic E-state index is -0.455. The van der Waals surface area contributed by atoms with Crippen LogP contribution < -0.4 is 5.32 Å². The lowest BCUT2D eigenvalue weighted by atomic mass is 10.2. The summed E-state index contributed by atoms with van der Waals surface area (Å²) in [6.07, 6.45) is 4.92. The van der Waals surface area contributed by atoms with Crippen LogP contribution in [-0.4, -0.2) is 28.2 Å². The summed E-state index contributed by atoms with van der Waals surface area (Å²) in [4.78, 5) is 30.3. The Bertz CT molecular complexity index is 862. The molecule has 0 fully saturated rings. The number of halogens is 1. The van der Waals surface area contributed by atoms with Crippen LogP contribution in [0.5, 0.6) is 0 Å². The highest BCUT2D eigenvalue weighted by molar-refractivity contribution is 9.10. The van der Waals surface area contributed by atoms with Gasteiger partial charge in [-0.2, -0.15) is 0 Å². The van der Waals surface area contributed by atoms with Gasteiger partial charge in [-0.05, 0) is 51.8 Å². The third-order valence-corrected chi connectivity index (χ3v) is 4.00. The molecule has 0 unspecified atom stereocenters. The van der Waals surface area contributed by atoms with Crippen LogP contribution in [0.25, 0.3) is 0 Å². The van der Waals surface area contributed by atoms with Crippen LogP contribution in [-0.2, 0) is 17.9 Å². The molecule has 2 amide bonds. The summed E-state index contributed by atoms with van der Waals surface area (Å²) in [5.74, 6) is 0.0886.